The summed E-state index contributed by atoms with van der Waals surface area (Å²) in [5, 5.41) is 11.5. The Balaban J connectivity index is 1.85. The largest absolute Gasteiger partial charge is 0.506 e. The molecule has 0 aromatic heterocycles. The van der Waals surface area contributed by atoms with E-state index in [1.54, 1.807) is 24.3 Å². The van der Waals surface area contributed by atoms with E-state index in [-0.39, 0.29) is 11.4 Å². The monoisotopic (exact) mass is 443 g/mol. The maximum atomic E-state index is 14.1. The first-order valence-corrected chi connectivity index (χ1v) is 11.1. The molecule has 8 heteroatoms. The summed E-state index contributed by atoms with van der Waals surface area (Å²) in [5.74, 6) is -2.39. The number of hydrogen-bond donors (Lipinski definition) is 2. The molecule has 30 heavy (non-hydrogen) atoms. The van der Waals surface area contributed by atoms with Gasteiger partial charge in [-0.05, 0) is 30.3 Å². The summed E-state index contributed by atoms with van der Waals surface area (Å²) in [4.78, 5) is 0.170. The third-order valence-electron chi connectivity index (χ3n) is 4.38. The molecular formula is C22H15F2NO3S2. The predicted molar refractivity (Wildman–Crippen MR) is 113 cm³/mol. The molecule has 0 radical (unpaired) electrons. The van der Waals surface area contributed by atoms with Gasteiger partial charge in [0.25, 0.3) is 10.0 Å². The van der Waals surface area contributed by atoms with Crippen LogP contribution in [0.1, 0.15) is 0 Å². The predicted octanol–water partition coefficient (Wildman–Crippen LogP) is 5.78. The lowest BCUT2D eigenvalue weighted by Crippen LogP contribution is -2.16. The van der Waals surface area contributed by atoms with Crippen molar-refractivity contribution in [3.05, 3.63) is 90.5 Å². The molecule has 0 bridgehead atoms. The van der Waals surface area contributed by atoms with E-state index in [4.69, 9.17) is 0 Å². The van der Waals surface area contributed by atoms with Crippen molar-refractivity contribution in [3.63, 3.8) is 0 Å². The van der Waals surface area contributed by atoms with Crippen LogP contribution in [0.25, 0.3) is 10.8 Å². The summed E-state index contributed by atoms with van der Waals surface area (Å²) in [6.07, 6.45) is 0. The van der Waals surface area contributed by atoms with Gasteiger partial charge >= 0.3 is 0 Å². The van der Waals surface area contributed by atoms with Crippen LogP contribution in [0, 0.1) is 11.6 Å². The number of benzene rings is 4. The van der Waals surface area contributed by atoms with Gasteiger partial charge in [-0.25, -0.2) is 17.2 Å². The summed E-state index contributed by atoms with van der Waals surface area (Å²) in [6, 6.07) is 20.1. The highest BCUT2D eigenvalue weighted by Crippen LogP contribution is 2.43. The second kappa shape index (κ2) is 7.97. The lowest BCUT2D eigenvalue weighted by molar-refractivity contribution is 0.469. The summed E-state index contributed by atoms with van der Waals surface area (Å²) >= 11 is 1.24. The fourth-order valence-corrected chi connectivity index (χ4v) is 5.19. The lowest BCUT2D eigenvalue weighted by atomic mass is 10.1. The fourth-order valence-electron chi connectivity index (χ4n) is 3.05. The molecule has 0 saturated carbocycles. The van der Waals surface area contributed by atoms with Crippen molar-refractivity contribution in [3.8, 4) is 5.75 Å². The number of rotatable bonds is 5. The number of anilines is 1. The third kappa shape index (κ3) is 3.83. The Kier molecular flexibility index (Phi) is 5.36. The molecule has 0 heterocycles. The van der Waals surface area contributed by atoms with Gasteiger partial charge in [-0.3, -0.25) is 4.72 Å². The Morgan fingerprint density at radius 3 is 2.07 bits per heavy atom. The van der Waals surface area contributed by atoms with Crippen molar-refractivity contribution in [2.24, 2.45) is 0 Å². The van der Waals surface area contributed by atoms with Crippen LogP contribution in [0.5, 0.6) is 5.75 Å². The van der Waals surface area contributed by atoms with Gasteiger partial charge in [0.05, 0.1) is 10.6 Å². The number of hydrogen-bond acceptors (Lipinski definition) is 4. The van der Waals surface area contributed by atoms with Crippen molar-refractivity contribution in [1.29, 1.82) is 0 Å². The van der Waals surface area contributed by atoms with E-state index in [0.29, 0.717) is 15.7 Å². The third-order valence-corrected chi connectivity index (χ3v) is 6.84. The normalized spacial score (nSPS) is 11.5. The van der Waals surface area contributed by atoms with E-state index in [1.807, 2.05) is 30.3 Å². The topological polar surface area (TPSA) is 66.4 Å². The highest BCUT2D eigenvalue weighted by Gasteiger charge is 2.25. The zero-order valence-electron chi connectivity index (χ0n) is 15.3. The fraction of sp³-hybridized carbons (Fsp3) is 0. The summed E-state index contributed by atoms with van der Waals surface area (Å²) in [5.41, 5.74) is 0.101. The van der Waals surface area contributed by atoms with Crippen LogP contribution in [-0.4, -0.2) is 13.5 Å². The van der Waals surface area contributed by atoms with E-state index in [2.05, 4.69) is 4.72 Å². The van der Waals surface area contributed by atoms with Gasteiger partial charge in [-0.1, -0.05) is 60.3 Å². The first-order chi connectivity index (χ1) is 14.4. The number of halogens is 2. The van der Waals surface area contributed by atoms with Gasteiger partial charge in [-0.15, -0.1) is 0 Å². The zero-order valence-corrected chi connectivity index (χ0v) is 17.0. The molecule has 2 N–H and O–H groups in total. The standard InChI is InChI=1S/C22H15F2NO3S2/c23-17-11-6-12-18(24)22(17)30(27,28)25-19-13-20(29-14-7-2-1-3-8-14)21(26)16-10-5-4-9-15(16)19/h1-13,25-26H. The van der Waals surface area contributed by atoms with Gasteiger partial charge in [0.15, 0.2) is 4.90 Å². The van der Waals surface area contributed by atoms with E-state index < -0.39 is 26.6 Å². The van der Waals surface area contributed by atoms with Crippen molar-refractivity contribution in [2.75, 3.05) is 4.72 Å². The van der Waals surface area contributed by atoms with Crippen molar-refractivity contribution in [2.45, 2.75) is 14.7 Å². The molecular weight excluding hydrogens is 428 g/mol. The van der Waals surface area contributed by atoms with Crippen molar-refractivity contribution < 1.29 is 22.3 Å². The Labute approximate surface area is 176 Å². The van der Waals surface area contributed by atoms with Crippen molar-refractivity contribution >= 4 is 38.2 Å². The van der Waals surface area contributed by atoms with Crippen LogP contribution in [0.15, 0.2) is 93.5 Å². The number of aromatic hydroxyl groups is 1. The van der Waals surface area contributed by atoms with Crippen LogP contribution in [0.3, 0.4) is 0 Å². The first kappa shape index (κ1) is 20.2. The van der Waals surface area contributed by atoms with Crippen LogP contribution < -0.4 is 4.72 Å². The molecule has 152 valence electrons. The molecule has 4 rings (SSSR count). The highest BCUT2D eigenvalue weighted by atomic mass is 32.2. The summed E-state index contributed by atoms with van der Waals surface area (Å²) < 4.78 is 56.0. The number of nitrogens with one attached hydrogen (secondary N) is 1. The molecule has 0 saturated heterocycles. The van der Waals surface area contributed by atoms with E-state index in [1.165, 1.54) is 17.8 Å². The minimum Gasteiger partial charge on any atom is -0.506 e. The van der Waals surface area contributed by atoms with Gasteiger partial charge < -0.3 is 5.11 Å². The maximum Gasteiger partial charge on any atom is 0.267 e. The molecule has 4 aromatic carbocycles. The number of sulfonamides is 1. The minimum absolute atomic E-state index is 0.0144. The van der Waals surface area contributed by atoms with Crippen LogP contribution in [0.4, 0.5) is 14.5 Å². The molecule has 0 spiro atoms. The zero-order chi connectivity index (χ0) is 21.3. The molecule has 0 amide bonds. The summed E-state index contributed by atoms with van der Waals surface area (Å²) in [7, 11) is -4.56. The number of phenolic OH excluding ortho intramolecular Hbond substituents is 1. The van der Waals surface area contributed by atoms with Gasteiger partial charge in [0, 0.05) is 15.7 Å². The van der Waals surface area contributed by atoms with Crippen LogP contribution in [0.2, 0.25) is 0 Å². The van der Waals surface area contributed by atoms with E-state index >= 15 is 0 Å². The van der Waals surface area contributed by atoms with Gasteiger partial charge in [0.2, 0.25) is 0 Å². The molecule has 0 atom stereocenters. The van der Waals surface area contributed by atoms with Crippen LogP contribution >= 0.6 is 11.8 Å². The molecule has 0 aliphatic rings. The van der Waals surface area contributed by atoms with Crippen molar-refractivity contribution in [1.82, 2.24) is 0 Å². The van der Waals surface area contributed by atoms with Crippen LogP contribution in [-0.2, 0) is 10.0 Å². The molecule has 0 fully saturated rings. The summed E-state index contributed by atoms with van der Waals surface area (Å²) in [6.45, 7) is 0. The Morgan fingerprint density at radius 1 is 0.800 bits per heavy atom. The second-order valence-corrected chi connectivity index (χ2v) is 9.12. The smallest absolute Gasteiger partial charge is 0.267 e. The molecule has 0 aliphatic carbocycles. The SMILES string of the molecule is O=S(=O)(Nc1cc(Sc2ccccc2)c(O)c2ccccc12)c1c(F)cccc1F. The molecule has 0 aliphatic heterocycles. The van der Waals surface area contributed by atoms with Gasteiger partial charge in [-0.2, -0.15) is 0 Å². The average molecular weight is 443 g/mol. The van der Waals surface area contributed by atoms with E-state index in [9.17, 15) is 22.3 Å². The molecule has 4 aromatic rings. The maximum absolute atomic E-state index is 14.1. The Bertz CT molecular complexity index is 1320. The number of fused-ring (bicyclic) bond motifs is 1. The highest BCUT2D eigenvalue weighted by molar-refractivity contribution is 7.99. The lowest BCUT2D eigenvalue weighted by Gasteiger charge is -2.15. The molecule has 4 nitrogen and oxygen atoms in total. The quantitative estimate of drug-likeness (QED) is 0.384. The molecule has 0 unspecified atom stereocenters. The van der Waals surface area contributed by atoms with E-state index in [0.717, 1.165) is 23.1 Å². The van der Waals surface area contributed by atoms with Gasteiger partial charge in [0.1, 0.15) is 17.4 Å². The average Bonchev–Trinajstić information content (AvgIpc) is 2.72. The second-order valence-electron chi connectivity index (χ2n) is 6.39. The first-order valence-electron chi connectivity index (χ1n) is 8.81. The Hall–Kier alpha value is -3.10. The Morgan fingerprint density at radius 2 is 1.40 bits per heavy atom. The minimum atomic E-state index is -4.56. The number of phenols is 1.